The van der Waals surface area contributed by atoms with Crippen molar-refractivity contribution in [2.75, 3.05) is 19.4 Å². The Balaban J connectivity index is 1.77. The highest BCUT2D eigenvalue weighted by atomic mass is 32.2. The van der Waals surface area contributed by atoms with Crippen molar-refractivity contribution in [1.29, 1.82) is 0 Å². The lowest BCUT2D eigenvalue weighted by Gasteiger charge is -2.16. The van der Waals surface area contributed by atoms with Crippen LogP contribution >= 0.6 is 0 Å². The third kappa shape index (κ3) is 5.06. The number of hydrogen-bond acceptors (Lipinski definition) is 4. The number of anilines is 1. The van der Waals surface area contributed by atoms with E-state index in [0.717, 1.165) is 15.4 Å². The Bertz CT molecular complexity index is 1160. The highest BCUT2D eigenvalue weighted by Crippen LogP contribution is 2.24. The van der Waals surface area contributed by atoms with Crippen LogP contribution in [0.2, 0.25) is 0 Å². The van der Waals surface area contributed by atoms with Crippen LogP contribution in [0, 0.1) is 6.92 Å². The summed E-state index contributed by atoms with van der Waals surface area (Å²) in [5, 5.41) is 2.70. The van der Waals surface area contributed by atoms with Crippen molar-refractivity contribution in [3.63, 3.8) is 0 Å². The van der Waals surface area contributed by atoms with E-state index in [1.165, 1.54) is 20.2 Å². The molecule has 6 nitrogen and oxygen atoms in total. The maximum Gasteiger partial charge on any atom is 0.255 e. The van der Waals surface area contributed by atoms with Gasteiger partial charge in [-0.2, -0.15) is 0 Å². The van der Waals surface area contributed by atoms with E-state index in [9.17, 15) is 13.2 Å². The number of hydrogen-bond donors (Lipinski definition) is 1. The first kappa shape index (κ1) is 21.5. The molecule has 0 spiro atoms. The predicted molar refractivity (Wildman–Crippen MR) is 117 cm³/mol. The molecule has 156 valence electrons. The molecular weight excluding hydrogens is 400 g/mol. The van der Waals surface area contributed by atoms with Gasteiger partial charge in [-0.1, -0.05) is 48.0 Å². The van der Waals surface area contributed by atoms with Crippen molar-refractivity contribution in [3.05, 3.63) is 89.5 Å². The summed E-state index contributed by atoms with van der Waals surface area (Å²) < 4.78 is 32.0. The number of carbonyl (C=O) groups is 1. The molecule has 7 heteroatoms. The summed E-state index contributed by atoms with van der Waals surface area (Å²) in [6, 6.07) is 21.1. The monoisotopic (exact) mass is 424 g/mol. The number of ether oxygens (including phenoxy) is 1. The summed E-state index contributed by atoms with van der Waals surface area (Å²) in [5.74, 6) is 0.135. The predicted octanol–water partition coefficient (Wildman–Crippen LogP) is 4.08. The number of benzene rings is 3. The van der Waals surface area contributed by atoms with Crippen LogP contribution in [0.15, 0.2) is 77.7 Å². The maximum atomic E-state index is 12.8. The molecule has 0 bridgehead atoms. The number of nitrogens with one attached hydrogen (secondary N) is 1. The zero-order valence-electron chi connectivity index (χ0n) is 17.1. The Labute approximate surface area is 177 Å². The third-order valence-corrected chi connectivity index (χ3v) is 6.35. The number of nitrogens with zero attached hydrogens (tertiary/aromatic N) is 1. The molecule has 0 radical (unpaired) electrons. The largest absolute Gasteiger partial charge is 0.489 e. The molecule has 0 saturated heterocycles. The number of sulfonamides is 1. The standard InChI is InChI=1S/C23H24N2O4S/c1-17-8-6-9-18(14-17)16-29-20-11-7-10-19(15-20)23(26)24-21-12-4-5-13-22(21)30(27,28)25(2)3/h4-15H,16H2,1-3H3,(H,24,26). The lowest BCUT2D eigenvalue weighted by Crippen LogP contribution is -2.24. The summed E-state index contributed by atoms with van der Waals surface area (Å²) in [7, 11) is -0.798. The van der Waals surface area contributed by atoms with Gasteiger partial charge in [0.25, 0.3) is 5.91 Å². The van der Waals surface area contributed by atoms with Crippen molar-refractivity contribution >= 4 is 21.6 Å². The molecule has 0 aliphatic rings. The summed E-state index contributed by atoms with van der Waals surface area (Å²) in [6.07, 6.45) is 0. The lowest BCUT2D eigenvalue weighted by atomic mass is 10.1. The molecule has 3 aromatic carbocycles. The third-order valence-electron chi connectivity index (χ3n) is 4.48. The van der Waals surface area contributed by atoms with E-state index in [2.05, 4.69) is 5.32 Å². The second kappa shape index (κ2) is 9.11. The minimum atomic E-state index is -3.69. The Hall–Kier alpha value is -3.16. The fraction of sp³-hybridized carbons (Fsp3) is 0.174. The molecule has 0 heterocycles. The number of rotatable bonds is 7. The van der Waals surface area contributed by atoms with Gasteiger partial charge in [0, 0.05) is 19.7 Å². The van der Waals surface area contributed by atoms with Gasteiger partial charge in [-0.25, -0.2) is 12.7 Å². The van der Waals surface area contributed by atoms with Crippen molar-refractivity contribution < 1.29 is 17.9 Å². The van der Waals surface area contributed by atoms with E-state index in [0.29, 0.717) is 17.9 Å². The molecule has 1 amide bonds. The molecule has 0 aliphatic heterocycles. The average Bonchev–Trinajstić information content (AvgIpc) is 2.72. The van der Waals surface area contributed by atoms with Crippen LogP contribution in [-0.4, -0.2) is 32.7 Å². The molecule has 30 heavy (non-hydrogen) atoms. The zero-order valence-corrected chi connectivity index (χ0v) is 17.9. The molecule has 1 N–H and O–H groups in total. The van der Waals surface area contributed by atoms with E-state index in [4.69, 9.17) is 4.74 Å². The molecule has 0 aromatic heterocycles. The zero-order chi connectivity index (χ0) is 21.7. The normalized spacial score (nSPS) is 11.3. The summed E-state index contributed by atoms with van der Waals surface area (Å²) >= 11 is 0. The Morgan fingerprint density at radius 1 is 0.967 bits per heavy atom. The molecular formula is C23H24N2O4S. The van der Waals surface area contributed by atoms with Crippen molar-refractivity contribution in [2.45, 2.75) is 18.4 Å². The van der Waals surface area contributed by atoms with Crippen LogP contribution in [0.5, 0.6) is 5.75 Å². The van der Waals surface area contributed by atoms with Crippen LogP contribution in [-0.2, 0) is 16.6 Å². The summed E-state index contributed by atoms with van der Waals surface area (Å²) in [6.45, 7) is 2.40. The van der Waals surface area contributed by atoms with Crippen molar-refractivity contribution in [1.82, 2.24) is 4.31 Å². The smallest absolute Gasteiger partial charge is 0.255 e. The minimum absolute atomic E-state index is 0.0372. The molecule has 0 aliphatic carbocycles. The van der Waals surface area contributed by atoms with Gasteiger partial charge in [-0.3, -0.25) is 4.79 Å². The van der Waals surface area contributed by atoms with E-state index in [1.807, 2.05) is 31.2 Å². The first-order valence-corrected chi connectivity index (χ1v) is 10.8. The van der Waals surface area contributed by atoms with Gasteiger partial charge in [0.1, 0.15) is 17.3 Å². The number of amides is 1. The molecule has 3 aromatic rings. The van der Waals surface area contributed by atoms with Crippen LogP contribution in [0.4, 0.5) is 5.69 Å². The number of aryl methyl sites for hydroxylation is 1. The highest BCUT2D eigenvalue weighted by molar-refractivity contribution is 7.89. The number of carbonyl (C=O) groups excluding carboxylic acids is 1. The van der Waals surface area contributed by atoms with E-state index >= 15 is 0 Å². The second-order valence-electron chi connectivity index (χ2n) is 7.04. The first-order chi connectivity index (χ1) is 14.3. The Morgan fingerprint density at radius 2 is 1.70 bits per heavy atom. The lowest BCUT2D eigenvalue weighted by molar-refractivity contribution is 0.102. The van der Waals surface area contributed by atoms with Crippen molar-refractivity contribution in [3.8, 4) is 5.75 Å². The van der Waals surface area contributed by atoms with Crippen LogP contribution in [0.1, 0.15) is 21.5 Å². The maximum absolute atomic E-state index is 12.8. The fourth-order valence-electron chi connectivity index (χ4n) is 2.88. The van der Waals surface area contributed by atoms with Gasteiger partial charge in [0.2, 0.25) is 10.0 Å². The van der Waals surface area contributed by atoms with Crippen LogP contribution < -0.4 is 10.1 Å². The minimum Gasteiger partial charge on any atom is -0.489 e. The SMILES string of the molecule is Cc1cccc(COc2cccc(C(=O)Nc3ccccc3S(=O)(=O)N(C)C)c2)c1. The fourth-order valence-corrected chi connectivity index (χ4v) is 3.92. The van der Waals surface area contributed by atoms with Gasteiger partial charge in [-0.05, 0) is 42.8 Å². The molecule has 0 saturated carbocycles. The topological polar surface area (TPSA) is 75.7 Å². The first-order valence-electron chi connectivity index (χ1n) is 9.39. The van der Waals surface area contributed by atoms with Gasteiger partial charge < -0.3 is 10.1 Å². The average molecular weight is 425 g/mol. The van der Waals surface area contributed by atoms with E-state index in [1.54, 1.807) is 42.5 Å². The van der Waals surface area contributed by atoms with Gasteiger partial charge in [-0.15, -0.1) is 0 Å². The quantitative estimate of drug-likeness (QED) is 0.620. The Kier molecular flexibility index (Phi) is 6.54. The molecule has 0 atom stereocenters. The van der Waals surface area contributed by atoms with Gasteiger partial charge in [0.15, 0.2) is 0 Å². The summed E-state index contributed by atoms with van der Waals surface area (Å²) in [5.41, 5.74) is 2.78. The van der Waals surface area contributed by atoms with E-state index < -0.39 is 15.9 Å². The van der Waals surface area contributed by atoms with Gasteiger partial charge >= 0.3 is 0 Å². The van der Waals surface area contributed by atoms with Crippen LogP contribution in [0.25, 0.3) is 0 Å². The van der Waals surface area contributed by atoms with Crippen LogP contribution in [0.3, 0.4) is 0 Å². The van der Waals surface area contributed by atoms with Crippen molar-refractivity contribution in [2.24, 2.45) is 0 Å². The summed E-state index contributed by atoms with van der Waals surface area (Å²) in [4.78, 5) is 12.8. The Morgan fingerprint density at radius 3 is 2.43 bits per heavy atom. The molecule has 0 unspecified atom stereocenters. The van der Waals surface area contributed by atoms with Gasteiger partial charge in [0.05, 0.1) is 5.69 Å². The molecule has 3 rings (SSSR count). The highest BCUT2D eigenvalue weighted by Gasteiger charge is 2.22. The number of para-hydroxylation sites is 1. The van der Waals surface area contributed by atoms with E-state index in [-0.39, 0.29) is 10.6 Å². The second-order valence-corrected chi connectivity index (χ2v) is 9.16. The molecule has 0 fully saturated rings.